The van der Waals surface area contributed by atoms with E-state index in [-0.39, 0.29) is 17.2 Å². The van der Waals surface area contributed by atoms with E-state index >= 15 is 0 Å². The van der Waals surface area contributed by atoms with Crippen molar-refractivity contribution < 1.29 is 17.7 Å². The number of rotatable bonds is 3. The maximum atomic E-state index is 12.2. The van der Waals surface area contributed by atoms with Gasteiger partial charge in [-0.1, -0.05) is 35.5 Å². The molecule has 0 saturated carbocycles. The van der Waals surface area contributed by atoms with E-state index in [9.17, 15) is 13.2 Å². The maximum absolute atomic E-state index is 12.2. The molecule has 1 unspecified atom stereocenters. The number of hydrogen-bond acceptors (Lipinski definition) is 5. The molecule has 0 bridgehead atoms. The van der Waals surface area contributed by atoms with Crippen LogP contribution in [0, 0.1) is 0 Å². The Balaban J connectivity index is 1.75. The highest BCUT2D eigenvalue weighted by Gasteiger charge is 2.39. The Kier molecular flexibility index (Phi) is 3.52. The van der Waals surface area contributed by atoms with E-state index < -0.39 is 21.3 Å². The molecule has 0 aliphatic carbocycles. The van der Waals surface area contributed by atoms with Crippen molar-refractivity contribution >= 4 is 15.7 Å². The molecular weight excluding hydrogens is 304 g/mol. The zero-order valence-electron chi connectivity index (χ0n) is 12.1. The number of hydrogen-bond donors (Lipinski definition) is 1. The van der Waals surface area contributed by atoms with Crippen LogP contribution in [0.25, 0.3) is 11.3 Å². The van der Waals surface area contributed by atoms with Crippen molar-refractivity contribution in [2.45, 2.75) is 18.9 Å². The fraction of sp³-hybridized carbons (Fsp3) is 0.333. The van der Waals surface area contributed by atoms with Crippen LogP contribution in [0.4, 0.5) is 0 Å². The van der Waals surface area contributed by atoms with Gasteiger partial charge in [0.25, 0.3) is 5.91 Å². The summed E-state index contributed by atoms with van der Waals surface area (Å²) < 4.78 is 28.3. The van der Waals surface area contributed by atoms with Crippen LogP contribution in [0.5, 0.6) is 0 Å². The van der Waals surface area contributed by atoms with Gasteiger partial charge in [-0.05, 0) is 13.3 Å². The summed E-state index contributed by atoms with van der Waals surface area (Å²) >= 11 is 0. The van der Waals surface area contributed by atoms with Gasteiger partial charge in [-0.15, -0.1) is 0 Å². The zero-order chi connectivity index (χ0) is 15.8. The lowest BCUT2D eigenvalue weighted by atomic mass is 10.0. The number of sulfone groups is 1. The number of nitrogens with one attached hydrogen (secondary N) is 1. The van der Waals surface area contributed by atoms with Gasteiger partial charge in [-0.3, -0.25) is 4.79 Å². The molecule has 7 heteroatoms. The van der Waals surface area contributed by atoms with Crippen molar-refractivity contribution in [1.82, 2.24) is 10.5 Å². The van der Waals surface area contributed by atoms with Crippen LogP contribution in [-0.4, -0.2) is 36.5 Å². The van der Waals surface area contributed by atoms with Crippen LogP contribution in [0.1, 0.15) is 23.8 Å². The monoisotopic (exact) mass is 320 g/mol. The standard InChI is InChI=1S/C15H16N2O4S/c1-15(7-8-22(19,20)10-15)16-14(18)12-9-13(21-17-12)11-5-3-2-4-6-11/h2-6,9H,7-8,10H2,1H3,(H,16,18). The van der Waals surface area contributed by atoms with Crippen molar-refractivity contribution in [2.75, 3.05) is 11.5 Å². The van der Waals surface area contributed by atoms with Gasteiger partial charge < -0.3 is 9.84 Å². The molecule has 1 fully saturated rings. The minimum absolute atomic E-state index is 0.0465. The summed E-state index contributed by atoms with van der Waals surface area (Å²) in [5.74, 6) is 0.118. The number of carbonyl (C=O) groups is 1. The SMILES string of the molecule is CC1(NC(=O)c2cc(-c3ccccc3)on2)CCS(=O)(=O)C1. The summed E-state index contributed by atoms with van der Waals surface area (Å²) in [6.45, 7) is 1.73. The normalized spacial score (nSPS) is 23.3. The third kappa shape index (κ3) is 3.04. The fourth-order valence-corrected chi connectivity index (χ4v) is 4.66. The lowest BCUT2D eigenvalue weighted by Gasteiger charge is -2.22. The molecule has 22 heavy (non-hydrogen) atoms. The van der Waals surface area contributed by atoms with E-state index in [0.29, 0.717) is 12.2 Å². The summed E-state index contributed by atoms with van der Waals surface area (Å²) in [6, 6.07) is 10.9. The molecule has 0 spiro atoms. The Morgan fingerprint density at radius 1 is 1.32 bits per heavy atom. The van der Waals surface area contributed by atoms with Crippen molar-refractivity contribution in [3.8, 4) is 11.3 Å². The molecule has 1 amide bonds. The highest BCUT2D eigenvalue weighted by molar-refractivity contribution is 7.91. The van der Waals surface area contributed by atoms with Crippen LogP contribution >= 0.6 is 0 Å². The first-order chi connectivity index (χ1) is 10.4. The van der Waals surface area contributed by atoms with Gasteiger partial charge in [0.2, 0.25) is 0 Å². The first-order valence-corrected chi connectivity index (χ1v) is 8.74. The molecule has 6 nitrogen and oxygen atoms in total. The van der Waals surface area contributed by atoms with E-state index in [0.717, 1.165) is 5.56 Å². The molecule has 1 aromatic heterocycles. The molecule has 3 rings (SSSR count). The lowest BCUT2D eigenvalue weighted by molar-refractivity contribution is 0.0906. The van der Waals surface area contributed by atoms with Gasteiger partial charge in [0, 0.05) is 11.6 Å². The Morgan fingerprint density at radius 2 is 2.05 bits per heavy atom. The van der Waals surface area contributed by atoms with Crippen molar-refractivity contribution in [2.24, 2.45) is 0 Å². The Labute approximate surface area is 128 Å². The highest BCUT2D eigenvalue weighted by atomic mass is 32.2. The molecule has 116 valence electrons. The quantitative estimate of drug-likeness (QED) is 0.929. The Hall–Kier alpha value is -2.15. The first kappa shape index (κ1) is 14.8. The van der Waals surface area contributed by atoms with Crippen LogP contribution < -0.4 is 5.32 Å². The van der Waals surface area contributed by atoms with E-state index in [1.54, 1.807) is 13.0 Å². The highest BCUT2D eigenvalue weighted by Crippen LogP contribution is 2.24. The fourth-order valence-electron chi connectivity index (χ4n) is 2.57. The van der Waals surface area contributed by atoms with E-state index in [4.69, 9.17) is 4.52 Å². The molecule has 1 aliphatic heterocycles. The third-order valence-corrected chi connectivity index (χ3v) is 5.62. The van der Waals surface area contributed by atoms with Gasteiger partial charge in [0.1, 0.15) is 0 Å². The topological polar surface area (TPSA) is 89.3 Å². The average Bonchev–Trinajstić information content (AvgIpc) is 3.05. The largest absolute Gasteiger partial charge is 0.355 e. The van der Waals surface area contributed by atoms with E-state index in [1.165, 1.54) is 0 Å². The van der Waals surface area contributed by atoms with Crippen LogP contribution in [0.3, 0.4) is 0 Å². The van der Waals surface area contributed by atoms with Gasteiger partial charge in [0.05, 0.1) is 17.0 Å². The average molecular weight is 320 g/mol. The molecule has 1 aliphatic rings. The number of carbonyl (C=O) groups excluding carboxylic acids is 1. The molecule has 1 saturated heterocycles. The molecule has 1 atom stereocenters. The van der Waals surface area contributed by atoms with Gasteiger partial charge in [0.15, 0.2) is 21.3 Å². The predicted octanol–water partition coefficient (Wildman–Crippen LogP) is 1.65. The van der Waals surface area contributed by atoms with Crippen molar-refractivity contribution in [3.63, 3.8) is 0 Å². The summed E-state index contributed by atoms with van der Waals surface area (Å²) in [5.41, 5.74) is 0.218. The zero-order valence-corrected chi connectivity index (χ0v) is 12.9. The van der Waals surface area contributed by atoms with Crippen LogP contribution in [0.15, 0.2) is 40.9 Å². The van der Waals surface area contributed by atoms with Crippen molar-refractivity contribution in [1.29, 1.82) is 0 Å². The van der Waals surface area contributed by atoms with E-state index in [2.05, 4.69) is 10.5 Å². The van der Waals surface area contributed by atoms with Crippen molar-refractivity contribution in [3.05, 3.63) is 42.1 Å². The molecule has 0 radical (unpaired) electrons. The third-order valence-electron chi connectivity index (χ3n) is 3.72. The maximum Gasteiger partial charge on any atom is 0.273 e. The minimum Gasteiger partial charge on any atom is -0.355 e. The van der Waals surface area contributed by atoms with Gasteiger partial charge >= 0.3 is 0 Å². The number of amides is 1. The number of nitrogens with zero attached hydrogens (tertiary/aromatic N) is 1. The Morgan fingerprint density at radius 3 is 2.68 bits per heavy atom. The second kappa shape index (κ2) is 5.24. The summed E-state index contributed by atoms with van der Waals surface area (Å²) in [6.07, 6.45) is 0.407. The van der Waals surface area contributed by atoms with E-state index in [1.807, 2.05) is 30.3 Å². The van der Waals surface area contributed by atoms with Gasteiger partial charge in [-0.25, -0.2) is 8.42 Å². The number of aromatic nitrogens is 1. The summed E-state index contributed by atoms with van der Waals surface area (Å²) in [5, 5.41) is 6.52. The molecule has 1 aromatic carbocycles. The second-order valence-corrected chi connectivity index (χ2v) is 7.98. The minimum atomic E-state index is -3.08. The smallest absolute Gasteiger partial charge is 0.273 e. The number of benzene rings is 1. The molecule has 2 aromatic rings. The Bertz CT molecular complexity index is 798. The molecular formula is C15H16N2O4S. The van der Waals surface area contributed by atoms with Crippen LogP contribution in [-0.2, 0) is 9.84 Å². The summed E-state index contributed by atoms with van der Waals surface area (Å²) in [7, 11) is -3.08. The van der Waals surface area contributed by atoms with Crippen LogP contribution in [0.2, 0.25) is 0 Å². The lowest BCUT2D eigenvalue weighted by Crippen LogP contribution is -2.47. The molecule has 1 N–H and O–H groups in total. The second-order valence-electron chi connectivity index (χ2n) is 5.80. The van der Waals surface area contributed by atoms with Gasteiger partial charge in [-0.2, -0.15) is 0 Å². The molecule has 2 heterocycles. The first-order valence-electron chi connectivity index (χ1n) is 6.92. The predicted molar refractivity (Wildman–Crippen MR) is 81.1 cm³/mol. The summed E-state index contributed by atoms with van der Waals surface area (Å²) in [4.78, 5) is 12.2.